The van der Waals surface area contributed by atoms with Gasteiger partial charge >= 0.3 is 0 Å². The van der Waals surface area contributed by atoms with E-state index in [9.17, 15) is 4.79 Å². The van der Waals surface area contributed by atoms with E-state index in [1.807, 2.05) is 12.1 Å². The SMILES string of the molecule is COc1ccc(CN(C(=O)CC2CCNC2)C2CC2)cc1.Cl. The highest BCUT2D eigenvalue weighted by atomic mass is 35.5. The van der Waals surface area contributed by atoms with Crippen molar-refractivity contribution >= 4 is 18.3 Å². The highest BCUT2D eigenvalue weighted by Crippen LogP contribution is 2.30. The van der Waals surface area contributed by atoms with Gasteiger partial charge in [0.15, 0.2) is 0 Å². The molecule has 0 bridgehead atoms. The third-order valence-corrected chi connectivity index (χ3v) is 4.45. The van der Waals surface area contributed by atoms with E-state index in [2.05, 4.69) is 22.3 Å². The fourth-order valence-electron chi connectivity index (χ4n) is 2.99. The van der Waals surface area contributed by atoms with Crippen molar-refractivity contribution in [2.24, 2.45) is 5.92 Å². The van der Waals surface area contributed by atoms with Crippen molar-refractivity contribution in [3.05, 3.63) is 29.8 Å². The Bertz CT molecular complexity index is 482. The van der Waals surface area contributed by atoms with Crippen LogP contribution >= 0.6 is 12.4 Å². The number of benzene rings is 1. The van der Waals surface area contributed by atoms with Gasteiger partial charge in [0.1, 0.15) is 5.75 Å². The number of nitrogens with zero attached hydrogens (tertiary/aromatic N) is 1. The summed E-state index contributed by atoms with van der Waals surface area (Å²) in [5.74, 6) is 1.71. The molecule has 1 amide bonds. The van der Waals surface area contributed by atoms with Crippen LogP contribution < -0.4 is 10.1 Å². The van der Waals surface area contributed by atoms with Gasteiger partial charge in [0, 0.05) is 19.0 Å². The number of amides is 1. The predicted molar refractivity (Wildman–Crippen MR) is 89.4 cm³/mol. The fourth-order valence-corrected chi connectivity index (χ4v) is 2.99. The highest BCUT2D eigenvalue weighted by Gasteiger charge is 2.33. The van der Waals surface area contributed by atoms with E-state index in [1.54, 1.807) is 7.11 Å². The summed E-state index contributed by atoms with van der Waals surface area (Å²) in [5, 5.41) is 3.34. The number of ether oxygens (including phenoxy) is 1. The Balaban J connectivity index is 0.00000176. The lowest BCUT2D eigenvalue weighted by Gasteiger charge is -2.24. The molecule has 1 heterocycles. The first-order valence-corrected chi connectivity index (χ1v) is 7.89. The Morgan fingerprint density at radius 1 is 1.27 bits per heavy atom. The van der Waals surface area contributed by atoms with Crippen LogP contribution in [0.2, 0.25) is 0 Å². The molecule has 0 aromatic heterocycles. The summed E-state index contributed by atoms with van der Waals surface area (Å²) in [4.78, 5) is 14.7. The van der Waals surface area contributed by atoms with Crippen LogP contribution in [0.1, 0.15) is 31.2 Å². The number of carbonyl (C=O) groups is 1. The van der Waals surface area contributed by atoms with Gasteiger partial charge in [0.2, 0.25) is 5.91 Å². The van der Waals surface area contributed by atoms with Gasteiger partial charge < -0.3 is 15.0 Å². The van der Waals surface area contributed by atoms with Crippen LogP contribution in [0, 0.1) is 5.92 Å². The normalized spacial score (nSPS) is 20.3. The molecule has 1 atom stereocenters. The van der Waals surface area contributed by atoms with Crippen molar-refractivity contribution in [3.63, 3.8) is 0 Å². The number of methoxy groups -OCH3 is 1. The predicted octanol–water partition coefficient (Wildman–Crippen LogP) is 2.61. The van der Waals surface area contributed by atoms with Gasteiger partial charge in [-0.25, -0.2) is 0 Å². The molecule has 122 valence electrons. The molecular formula is C17H25ClN2O2. The Morgan fingerprint density at radius 2 is 2.00 bits per heavy atom. The topological polar surface area (TPSA) is 41.6 Å². The van der Waals surface area contributed by atoms with E-state index in [0.717, 1.165) is 44.6 Å². The number of rotatable bonds is 6. The number of hydrogen-bond acceptors (Lipinski definition) is 3. The quantitative estimate of drug-likeness (QED) is 0.874. The van der Waals surface area contributed by atoms with Gasteiger partial charge in [0.25, 0.3) is 0 Å². The summed E-state index contributed by atoms with van der Waals surface area (Å²) >= 11 is 0. The summed E-state index contributed by atoms with van der Waals surface area (Å²) in [5.41, 5.74) is 1.18. The van der Waals surface area contributed by atoms with Crippen LogP contribution in [-0.4, -0.2) is 37.0 Å². The molecule has 2 fully saturated rings. The minimum Gasteiger partial charge on any atom is -0.497 e. The minimum absolute atomic E-state index is 0. The standard InChI is InChI=1S/C17H24N2O2.ClH/c1-21-16-6-2-13(3-7-16)12-19(15-4-5-15)17(20)10-14-8-9-18-11-14;/h2-3,6-7,14-15,18H,4-5,8-12H2,1H3;1H. The smallest absolute Gasteiger partial charge is 0.223 e. The van der Waals surface area contributed by atoms with Crippen LogP contribution in [-0.2, 0) is 11.3 Å². The van der Waals surface area contributed by atoms with Gasteiger partial charge in [-0.2, -0.15) is 0 Å². The summed E-state index contributed by atoms with van der Waals surface area (Å²) in [6.45, 7) is 2.78. The molecule has 1 saturated heterocycles. The zero-order chi connectivity index (χ0) is 14.7. The molecular weight excluding hydrogens is 300 g/mol. The Labute approximate surface area is 138 Å². The van der Waals surface area contributed by atoms with Crippen LogP contribution in [0.4, 0.5) is 0 Å². The second kappa shape index (κ2) is 7.84. The Morgan fingerprint density at radius 3 is 2.55 bits per heavy atom. The molecule has 1 aliphatic heterocycles. The second-order valence-electron chi connectivity index (χ2n) is 6.16. The van der Waals surface area contributed by atoms with Crippen molar-refractivity contribution in [1.82, 2.24) is 10.2 Å². The molecule has 4 nitrogen and oxygen atoms in total. The number of hydrogen-bond donors (Lipinski definition) is 1. The second-order valence-corrected chi connectivity index (χ2v) is 6.16. The minimum atomic E-state index is 0. The molecule has 3 rings (SSSR count). The Hall–Kier alpha value is -1.26. The average molecular weight is 325 g/mol. The lowest BCUT2D eigenvalue weighted by molar-refractivity contribution is -0.133. The van der Waals surface area contributed by atoms with Gasteiger partial charge in [0.05, 0.1) is 7.11 Å². The van der Waals surface area contributed by atoms with Crippen LogP contribution in [0.3, 0.4) is 0 Å². The molecule has 1 aromatic carbocycles. The van der Waals surface area contributed by atoms with Crippen molar-refractivity contribution in [2.75, 3.05) is 20.2 Å². The van der Waals surface area contributed by atoms with Gasteiger partial charge in [-0.15, -0.1) is 12.4 Å². The molecule has 0 spiro atoms. The van der Waals surface area contributed by atoms with Crippen LogP contribution in [0.15, 0.2) is 24.3 Å². The third-order valence-electron chi connectivity index (χ3n) is 4.45. The first kappa shape index (κ1) is 17.1. The maximum Gasteiger partial charge on any atom is 0.223 e. The molecule has 1 aliphatic carbocycles. The molecule has 5 heteroatoms. The third kappa shape index (κ3) is 4.37. The van der Waals surface area contributed by atoms with Gasteiger partial charge in [-0.05, 0) is 56.0 Å². The highest BCUT2D eigenvalue weighted by molar-refractivity contribution is 5.85. The maximum absolute atomic E-state index is 12.6. The Kier molecular flexibility index (Phi) is 6.09. The summed E-state index contributed by atoms with van der Waals surface area (Å²) in [6.07, 6.45) is 4.14. The molecule has 1 saturated carbocycles. The summed E-state index contributed by atoms with van der Waals surface area (Å²) < 4.78 is 5.18. The molecule has 1 aromatic rings. The van der Waals surface area contributed by atoms with E-state index in [1.165, 1.54) is 5.56 Å². The summed E-state index contributed by atoms with van der Waals surface area (Å²) in [6, 6.07) is 8.50. The molecule has 1 unspecified atom stereocenters. The van der Waals surface area contributed by atoms with Crippen molar-refractivity contribution in [3.8, 4) is 5.75 Å². The zero-order valence-corrected chi connectivity index (χ0v) is 13.9. The monoisotopic (exact) mass is 324 g/mol. The van der Waals surface area contributed by atoms with E-state index in [-0.39, 0.29) is 12.4 Å². The van der Waals surface area contributed by atoms with Crippen LogP contribution in [0.5, 0.6) is 5.75 Å². The largest absolute Gasteiger partial charge is 0.497 e. The molecule has 1 N–H and O–H groups in total. The fraction of sp³-hybridized carbons (Fsp3) is 0.588. The number of halogens is 1. The lowest BCUT2D eigenvalue weighted by atomic mass is 10.0. The maximum atomic E-state index is 12.6. The van der Waals surface area contributed by atoms with Crippen LogP contribution in [0.25, 0.3) is 0 Å². The van der Waals surface area contributed by atoms with Gasteiger partial charge in [-0.3, -0.25) is 4.79 Å². The lowest BCUT2D eigenvalue weighted by Crippen LogP contribution is -2.34. The van der Waals surface area contributed by atoms with E-state index in [0.29, 0.717) is 24.3 Å². The molecule has 2 aliphatic rings. The molecule has 0 radical (unpaired) electrons. The number of nitrogens with one attached hydrogen (secondary N) is 1. The first-order chi connectivity index (χ1) is 10.3. The van der Waals surface area contributed by atoms with Crippen molar-refractivity contribution < 1.29 is 9.53 Å². The number of carbonyl (C=O) groups excluding carboxylic acids is 1. The van der Waals surface area contributed by atoms with Crippen molar-refractivity contribution in [1.29, 1.82) is 0 Å². The van der Waals surface area contributed by atoms with E-state index < -0.39 is 0 Å². The van der Waals surface area contributed by atoms with E-state index >= 15 is 0 Å². The average Bonchev–Trinajstić information content (AvgIpc) is 3.22. The first-order valence-electron chi connectivity index (χ1n) is 7.89. The van der Waals surface area contributed by atoms with Crippen molar-refractivity contribution in [2.45, 2.75) is 38.3 Å². The zero-order valence-electron chi connectivity index (χ0n) is 13.1. The van der Waals surface area contributed by atoms with E-state index in [4.69, 9.17) is 4.74 Å². The summed E-state index contributed by atoms with van der Waals surface area (Å²) in [7, 11) is 1.67. The van der Waals surface area contributed by atoms with Gasteiger partial charge in [-0.1, -0.05) is 12.1 Å². The molecule has 22 heavy (non-hydrogen) atoms.